The molecule has 1 aliphatic rings. The Morgan fingerprint density at radius 3 is 2.93 bits per heavy atom. The fraction of sp³-hybridized carbons (Fsp3) is 0.333. The number of carboxylic acid groups (broad SMARTS) is 1. The van der Waals surface area contributed by atoms with Gasteiger partial charge in [-0.3, -0.25) is 10.00 Å². The Balaban J connectivity index is 1.51. The number of likely N-dealkylation sites (tertiary alicyclic amines) is 1. The average molecular weight is 365 g/mol. The summed E-state index contributed by atoms with van der Waals surface area (Å²) in [5.74, 6) is 0.491. The smallest absolute Gasteiger partial charge is 0.336 e. The van der Waals surface area contributed by atoms with Crippen LogP contribution < -0.4 is 0 Å². The van der Waals surface area contributed by atoms with Crippen molar-refractivity contribution in [2.45, 2.75) is 31.7 Å². The van der Waals surface area contributed by atoms with Gasteiger partial charge >= 0.3 is 5.97 Å². The number of aromatic nitrogens is 2. The lowest BCUT2D eigenvalue weighted by Crippen LogP contribution is -2.44. The molecule has 0 bridgehead atoms. The van der Waals surface area contributed by atoms with Crippen molar-refractivity contribution >= 4 is 5.97 Å². The normalized spacial score (nSPS) is 20.6. The second-order valence-corrected chi connectivity index (χ2v) is 7.46. The van der Waals surface area contributed by atoms with Gasteiger partial charge < -0.3 is 9.52 Å². The lowest BCUT2D eigenvalue weighted by Gasteiger charge is -2.39. The third kappa shape index (κ3) is 3.53. The van der Waals surface area contributed by atoms with Gasteiger partial charge in [0.05, 0.1) is 12.1 Å². The van der Waals surface area contributed by atoms with Crippen LogP contribution in [0.25, 0.3) is 11.3 Å². The summed E-state index contributed by atoms with van der Waals surface area (Å²) in [5, 5.41) is 16.6. The third-order valence-corrected chi connectivity index (χ3v) is 5.39. The summed E-state index contributed by atoms with van der Waals surface area (Å²) in [4.78, 5) is 13.8. The lowest BCUT2D eigenvalue weighted by atomic mass is 9.79. The Kier molecular flexibility index (Phi) is 4.58. The molecule has 27 heavy (non-hydrogen) atoms. The predicted molar refractivity (Wildman–Crippen MR) is 102 cm³/mol. The summed E-state index contributed by atoms with van der Waals surface area (Å²) in [5.41, 5.74) is 2.09. The van der Waals surface area contributed by atoms with Crippen LogP contribution in [0.4, 0.5) is 0 Å². The maximum Gasteiger partial charge on any atom is 0.336 e. The van der Waals surface area contributed by atoms with Crippen molar-refractivity contribution in [1.29, 1.82) is 0 Å². The van der Waals surface area contributed by atoms with E-state index in [1.165, 1.54) is 5.69 Å². The van der Waals surface area contributed by atoms with E-state index < -0.39 is 5.97 Å². The number of carboxylic acids is 1. The Morgan fingerprint density at radius 2 is 2.15 bits per heavy atom. The largest absolute Gasteiger partial charge is 0.478 e. The fourth-order valence-electron chi connectivity index (χ4n) is 4.00. The first kappa shape index (κ1) is 17.5. The predicted octanol–water partition coefficient (Wildman–Crippen LogP) is 3.92. The SMILES string of the molecule is C[C@]1(c2ccn[nH]2)CCCN(Cc2ccc(-c3ccccc3C(=O)O)o2)C1. The second kappa shape index (κ2) is 7.04. The molecule has 1 aromatic carbocycles. The van der Waals surface area contributed by atoms with Crippen molar-refractivity contribution in [3.05, 3.63) is 65.7 Å². The first-order valence-electron chi connectivity index (χ1n) is 9.19. The van der Waals surface area contributed by atoms with Crippen molar-refractivity contribution in [2.75, 3.05) is 13.1 Å². The minimum atomic E-state index is -0.949. The van der Waals surface area contributed by atoms with Crippen LogP contribution in [0.3, 0.4) is 0 Å². The molecular formula is C21H23N3O3. The zero-order valence-electron chi connectivity index (χ0n) is 15.3. The highest BCUT2D eigenvalue weighted by Crippen LogP contribution is 2.33. The number of furan rings is 1. The molecule has 0 aliphatic carbocycles. The van der Waals surface area contributed by atoms with Gasteiger partial charge in [0.25, 0.3) is 0 Å². The van der Waals surface area contributed by atoms with Crippen LogP contribution in [0.1, 0.15) is 41.6 Å². The van der Waals surface area contributed by atoms with E-state index in [9.17, 15) is 9.90 Å². The number of aromatic carboxylic acids is 1. The summed E-state index contributed by atoms with van der Waals surface area (Å²) in [6.07, 6.45) is 4.05. The number of aromatic amines is 1. The van der Waals surface area contributed by atoms with Gasteiger partial charge in [-0.15, -0.1) is 0 Å². The van der Waals surface area contributed by atoms with E-state index in [1.807, 2.05) is 18.2 Å². The van der Waals surface area contributed by atoms with Crippen LogP contribution in [0.5, 0.6) is 0 Å². The molecule has 3 heterocycles. The number of hydrogen-bond donors (Lipinski definition) is 2. The quantitative estimate of drug-likeness (QED) is 0.716. The second-order valence-electron chi connectivity index (χ2n) is 7.46. The average Bonchev–Trinajstić information content (AvgIpc) is 3.34. The standard InChI is InChI=1S/C21H23N3O3/c1-21(19-9-11-22-23-19)10-4-12-24(14-21)13-15-7-8-18(27-15)16-5-2-3-6-17(16)20(25)26/h2-3,5-9,11H,4,10,12-14H2,1H3,(H,22,23)(H,25,26)/t21-/m0/s1. The maximum atomic E-state index is 11.4. The molecule has 4 rings (SSSR count). The van der Waals surface area contributed by atoms with Crippen molar-refractivity contribution in [2.24, 2.45) is 0 Å². The van der Waals surface area contributed by atoms with Crippen LogP contribution in [0, 0.1) is 0 Å². The monoisotopic (exact) mass is 365 g/mol. The van der Waals surface area contributed by atoms with E-state index >= 15 is 0 Å². The van der Waals surface area contributed by atoms with Crippen LogP contribution in [0.15, 0.2) is 53.1 Å². The number of H-pyrrole nitrogens is 1. The minimum absolute atomic E-state index is 0.0556. The van der Waals surface area contributed by atoms with Gasteiger partial charge in [-0.2, -0.15) is 5.10 Å². The Hall–Kier alpha value is -2.86. The minimum Gasteiger partial charge on any atom is -0.478 e. The van der Waals surface area contributed by atoms with E-state index in [0.29, 0.717) is 17.9 Å². The molecule has 6 heteroatoms. The molecule has 0 spiro atoms. The number of piperidine rings is 1. The summed E-state index contributed by atoms with van der Waals surface area (Å²) in [6, 6.07) is 12.8. The van der Waals surface area contributed by atoms with Gasteiger partial charge in [0.1, 0.15) is 11.5 Å². The maximum absolute atomic E-state index is 11.4. The molecular weight excluding hydrogens is 342 g/mol. The summed E-state index contributed by atoms with van der Waals surface area (Å²) in [7, 11) is 0. The van der Waals surface area contributed by atoms with Crippen molar-refractivity contribution < 1.29 is 14.3 Å². The highest BCUT2D eigenvalue weighted by atomic mass is 16.4. The summed E-state index contributed by atoms with van der Waals surface area (Å²) < 4.78 is 6.00. The summed E-state index contributed by atoms with van der Waals surface area (Å²) >= 11 is 0. The molecule has 1 aliphatic heterocycles. The van der Waals surface area contributed by atoms with Gasteiger partial charge in [-0.25, -0.2) is 4.79 Å². The van der Waals surface area contributed by atoms with Gasteiger partial charge in [0.2, 0.25) is 0 Å². The molecule has 0 saturated carbocycles. The van der Waals surface area contributed by atoms with Gasteiger partial charge in [-0.1, -0.05) is 25.1 Å². The van der Waals surface area contributed by atoms with Crippen LogP contribution >= 0.6 is 0 Å². The topological polar surface area (TPSA) is 82.4 Å². The molecule has 2 aromatic heterocycles. The number of carbonyl (C=O) groups is 1. The highest BCUT2D eigenvalue weighted by molar-refractivity contribution is 5.95. The summed E-state index contributed by atoms with van der Waals surface area (Å²) in [6.45, 7) is 4.92. The number of rotatable bonds is 5. The van der Waals surface area contributed by atoms with Crippen LogP contribution in [-0.2, 0) is 12.0 Å². The number of nitrogens with zero attached hydrogens (tertiary/aromatic N) is 2. The van der Waals surface area contributed by atoms with Crippen molar-refractivity contribution in [3.63, 3.8) is 0 Å². The molecule has 0 amide bonds. The molecule has 1 saturated heterocycles. The third-order valence-electron chi connectivity index (χ3n) is 5.39. The van der Waals surface area contributed by atoms with E-state index in [-0.39, 0.29) is 11.0 Å². The lowest BCUT2D eigenvalue weighted by molar-refractivity contribution is 0.0697. The first-order valence-corrected chi connectivity index (χ1v) is 9.19. The molecule has 0 unspecified atom stereocenters. The van der Waals surface area contributed by atoms with Crippen molar-refractivity contribution in [1.82, 2.24) is 15.1 Å². The highest BCUT2D eigenvalue weighted by Gasteiger charge is 2.34. The molecule has 3 aromatic rings. The molecule has 2 N–H and O–H groups in total. The molecule has 0 radical (unpaired) electrons. The zero-order valence-corrected chi connectivity index (χ0v) is 15.3. The molecule has 6 nitrogen and oxygen atoms in total. The van der Waals surface area contributed by atoms with Crippen LogP contribution in [0.2, 0.25) is 0 Å². The van der Waals surface area contributed by atoms with Crippen LogP contribution in [-0.4, -0.2) is 39.3 Å². The number of nitrogens with one attached hydrogen (secondary N) is 1. The van der Waals surface area contributed by atoms with E-state index in [4.69, 9.17) is 4.42 Å². The van der Waals surface area contributed by atoms with Gasteiger partial charge in [0.15, 0.2) is 0 Å². The molecule has 140 valence electrons. The Bertz CT molecular complexity index is 932. The fourth-order valence-corrected chi connectivity index (χ4v) is 4.00. The Labute approximate surface area is 157 Å². The van der Waals surface area contributed by atoms with Gasteiger partial charge in [-0.05, 0) is 43.7 Å². The molecule has 1 fully saturated rings. The van der Waals surface area contributed by atoms with E-state index in [1.54, 1.807) is 24.4 Å². The Morgan fingerprint density at radius 1 is 1.30 bits per heavy atom. The van der Waals surface area contributed by atoms with E-state index in [2.05, 4.69) is 28.1 Å². The zero-order chi connectivity index (χ0) is 18.9. The molecule has 1 atom stereocenters. The van der Waals surface area contributed by atoms with E-state index in [0.717, 1.165) is 31.7 Å². The number of benzene rings is 1. The number of hydrogen-bond acceptors (Lipinski definition) is 4. The first-order chi connectivity index (χ1) is 13.0. The van der Waals surface area contributed by atoms with Crippen molar-refractivity contribution in [3.8, 4) is 11.3 Å². The van der Waals surface area contributed by atoms with Gasteiger partial charge in [0, 0.05) is 29.4 Å².